The number of thiocyanates is 3. The van der Waals surface area contributed by atoms with Gasteiger partial charge in [-0.2, -0.15) is 15.5 Å². The van der Waals surface area contributed by atoms with Crippen molar-refractivity contribution in [1.82, 2.24) is 0 Å². The molecule has 0 saturated heterocycles. The van der Waals surface area contributed by atoms with Gasteiger partial charge in [-0.25, -0.2) is 15.8 Å². The molecule has 0 atom stereocenters. The van der Waals surface area contributed by atoms with E-state index >= 15 is 0 Å². The van der Waals surface area contributed by atoms with Crippen LogP contribution in [-0.2, 0) is 37.9 Å². The van der Waals surface area contributed by atoms with E-state index in [1.807, 2.05) is 0 Å². The van der Waals surface area contributed by atoms with Crippen LogP contribution in [0.15, 0.2) is 0 Å². The van der Waals surface area contributed by atoms with Crippen LogP contribution >= 0.6 is 36.7 Å². The molecule has 13 heteroatoms. The Kier molecular flexibility index (Phi) is 350. The standard InChI is InChI=1S/3CHNS.3CNS.U/c6*2-1-3;/h3*3H;;;;/q;;;3*-1;+3/p-3. The largest absolute Gasteiger partial charge is 3.00 e. The van der Waals surface area contributed by atoms with Crippen molar-refractivity contribution in [2.24, 2.45) is 0 Å². The molecular formula is C6N6S6U-3. The summed E-state index contributed by atoms with van der Waals surface area (Å²) in [6.45, 7) is 0. The summed E-state index contributed by atoms with van der Waals surface area (Å²) in [7, 11) is 0. The maximum absolute atomic E-state index is 7.13. The second-order valence-corrected chi connectivity index (χ2v) is 1.64. The molecule has 0 amide bonds. The Labute approximate surface area is 167 Å². The van der Waals surface area contributed by atoms with E-state index < -0.39 is 0 Å². The average Bonchev–Trinajstić information content (AvgIpc) is 2.23. The smallest absolute Gasteiger partial charge is 0.753 e. The Bertz CT molecular complexity index is 291. The summed E-state index contributed by atoms with van der Waals surface area (Å²) in [6, 6.07) is 0. The predicted octanol–water partition coefficient (Wildman–Crippen LogP) is 2.02. The maximum atomic E-state index is 7.13. The zero-order valence-corrected chi connectivity index (χ0v) is 17.7. The molecule has 0 spiro atoms. The molecule has 0 unspecified atom stereocenters. The van der Waals surface area contributed by atoms with Gasteiger partial charge in [0.1, 0.15) is 0 Å². The summed E-state index contributed by atoms with van der Waals surface area (Å²) in [6.07, 6.45) is 0. The first kappa shape index (κ1) is 42.8. The SMILES string of the molecule is N#C[S-].N#C[S-].N#C[S-].[N-]=C=S.[N-]=C=S.[N-]=C=S.[U+3]. The minimum atomic E-state index is 0. The minimum Gasteiger partial charge on any atom is -0.753 e. The summed E-state index contributed by atoms with van der Waals surface area (Å²) in [5, 5.41) is 50.8. The van der Waals surface area contributed by atoms with Crippen LogP contribution in [0.25, 0.3) is 16.2 Å². The fraction of sp³-hybridized carbons (Fsp3) is 0. The van der Waals surface area contributed by atoms with Crippen molar-refractivity contribution in [3.05, 3.63) is 16.2 Å². The minimum absolute atomic E-state index is 0. The van der Waals surface area contributed by atoms with Gasteiger partial charge in [0, 0.05) is 0 Å². The fourth-order valence-electron chi connectivity index (χ4n) is 0. The van der Waals surface area contributed by atoms with Crippen molar-refractivity contribution >= 4 is 90.0 Å². The maximum Gasteiger partial charge on any atom is 3.00 e. The second-order valence-electron chi connectivity index (χ2n) is 0.548. The molecule has 0 rings (SSSR count). The normalized spacial score (nSPS) is 2.37. The van der Waals surface area contributed by atoms with Crippen LogP contribution in [0.4, 0.5) is 0 Å². The van der Waals surface area contributed by atoms with E-state index in [-0.39, 0.29) is 31.1 Å². The van der Waals surface area contributed by atoms with Gasteiger partial charge >= 0.3 is 31.1 Å². The van der Waals surface area contributed by atoms with Gasteiger partial charge in [-0.05, 0) is 0 Å². The number of hydrogen-bond acceptors (Lipinski definition) is 9. The van der Waals surface area contributed by atoms with Crippen molar-refractivity contribution in [2.45, 2.75) is 0 Å². The Morgan fingerprint density at radius 3 is 0.632 bits per heavy atom. The first-order valence-electron chi connectivity index (χ1n) is 2.57. The van der Waals surface area contributed by atoms with Crippen LogP contribution < -0.4 is 0 Å². The summed E-state index contributed by atoms with van der Waals surface area (Å²) >= 11 is 22.2. The molecule has 0 aromatic heterocycles. The van der Waals surface area contributed by atoms with E-state index in [1.54, 1.807) is 0 Å². The fourth-order valence-corrected chi connectivity index (χ4v) is 0. The van der Waals surface area contributed by atoms with E-state index in [0.717, 1.165) is 0 Å². The van der Waals surface area contributed by atoms with Crippen LogP contribution in [0.3, 0.4) is 0 Å². The van der Waals surface area contributed by atoms with Crippen LogP contribution in [-0.4, -0.2) is 15.5 Å². The van der Waals surface area contributed by atoms with Gasteiger partial charge < -0.3 is 54.1 Å². The molecule has 0 aromatic carbocycles. The van der Waals surface area contributed by atoms with E-state index in [9.17, 15) is 0 Å². The average molecular weight is 587 g/mol. The third-order valence-corrected chi connectivity index (χ3v) is 0. The third-order valence-electron chi connectivity index (χ3n) is 0. The van der Waals surface area contributed by atoms with Gasteiger partial charge in [0.15, 0.2) is 0 Å². The van der Waals surface area contributed by atoms with Crippen LogP contribution in [0.2, 0.25) is 0 Å². The first-order chi connectivity index (χ1) is 8.49. The van der Waals surface area contributed by atoms with E-state index in [2.05, 4.69) is 74.5 Å². The van der Waals surface area contributed by atoms with Crippen LogP contribution in [0.5, 0.6) is 0 Å². The number of hydrogen-bond donors (Lipinski definition) is 0. The Balaban J connectivity index is -0.0000000180. The number of nitriles is 3. The van der Waals surface area contributed by atoms with Crippen molar-refractivity contribution in [3.63, 3.8) is 0 Å². The van der Waals surface area contributed by atoms with Gasteiger partial charge in [-0.3, -0.25) is 0 Å². The molecule has 1 radical (unpaired) electrons. The molecule has 0 aliphatic carbocycles. The molecule has 0 aliphatic heterocycles. The Hall–Kier alpha value is -0.418. The molecule has 97 valence electrons. The number of thiocarbonyl (C=S) groups is 3. The first-order valence-corrected chi connectivity index (χ1v) is 5.02. The van der Waals surface area contributed by atoms with Crippen molar-refractivity contribution < 1.29 is 31.1 Å². The molecule has 0 aliphatic rings. The Morgan fingerprint density at radius 2 is 0.632 bits per heavy atom. The quantitative estimate of drug-likeness (QED) is 0.181. The van der Waals surface area contributed by atoms with Gasteiger partial charge in [0.05, 0.1) is 0 Å². The van der Waals surface area contributed by atoms with Crippen molar-refractivity contribution in [3.8, 4) is 16.2 Å². The number of rotatable bonds is 0. The second kappa shape index (κ2) is 155. The van der Waals surface area contributed by atoms with Crippen LogP contribution in [0.1, 0.15) is 0 Å². The molecule has 0 N–H and O–H groups in total. The zero-order chi connectivity index (χ0) is 16.2. The summed E-state index contributed by atoms with van der Waals surface area (Å²) < 4.78 is 0. The summed E-state index contributed by atoms with van der Waals surface area (Å²) in [4.78, 5) is 0. The zero-order valence-electron chi connectivity index (χ0n) is 8.63. The molecule has 0 bridgehead atoms. The topological polar surface area (TPSA) is 138 Å². The summed E-state index contributed by atoms with van der Waals surface area (Å²) in [5.41, 5.74) is 0. The van der Waals surface area contributed by atoms with Gasteiger partial charge in [-0.1, -0.05) is 52.9 Å². The molecule has 0 fully saturated rings. The number of isothiocyanates is 3. The predicted molar refractivity (Wildman–Crippen MR) is 86.8 cm³/mol. The van der Waals surface area contributed by atoms with Gasteiger partial charge in [0.25, 0.3) is 0 Å². The van der Waals surface area contributed by atoms with Gasteiger partial charge in [0.2, 0.25) is 0 Å². The number of nitrogens with zero attached hydrogens (tertiary/aromatic N) is 6. The Morgan fingerprint density at radius 1 is 0.632 bits per heavy atom. The monoisotopic (exact) mass is 586 g/mol. The third kappa shape index (κ3) is 24400. The van der Waals surface area contributed by atoms with E-state index in [4.69, 9.17) is 32.0 Å². The van der Waals surface area contributed by atoms with Crippen molar-refractivity contribution in [2.75, 3.05) is 0 Å². The van der Waals surface area contributed by atoms with Crippen LogP contribution in [0, 0.1) is 63.1 Å². The molecular weight excluding hydrogens is 587 g/mol. The molecule has 19 heavy (non-hydrogen) atoms. The molecule has 6 nitrogen and oxygen atoms in total. The van der Waals surface area contributed by atoms with Gasteiger partial charge in [-0.15, -0.1) is 0 Å². The summed E-state index contributed by atoms with van der Waals surface area (Å²) in [5.74, 6) is 0. The van der Waals surface area contributed by atoms with E-state index in [1.165, 1.54) is 31.7 Å². The van der Waals surface area contributed by atoms with E-state index in [0.29, 0.717) is 0 Å². The molecule has 0 saturated carbocycles. The molecule has 0 aromatic rings. The molecule has 0 heterocycles. The van der Waals surface area contributed by atoms with Crippen molar-refractivity contribution in [1.29, 1.82) is 15.8 Å².